The Labute approximate surface area is 136 Å². The lowest BCUT2D eigenvalue weighted by Crippen LogP contribution is -2.20. The fourth-order valence-corrected chi connectivity index (χ4v) is 3.14. The van der Waals surface area contributed by atoms with Gasteiger partial charge in [0.25, 0.3) is 0 Å². The number of hydrogen-bond donors (Lipinski definition) is 0. The van der Waals surface area contributed by atoms with Gasteiger partial charge < -0.3 is 9.47 Å². The van der Waals surface area contributed by atoms with Gasteiger partial charge in [0.05, 0.1) is 18.9 Å². The van der Waals surface area contributed by atoms with E-state index >= 15 is 0 Å². The summed E-state index contributed by atoms with van der Waals surface area (Å²) in [5.74, 6) is 1.26. The summed E-state index contributed by atoms with van der Waals surface area (Å²) in [6, 6.07) is 3.89. The number of carbonyl (C=O) groups excluding carboxylic acids is 1. The highest BCUT2D eigenvalue weighted by molar-refractivity contribution is 5.84. The number of benzene rings is 1. The minimum atomic E-state index is 0.569. The number of aryl methyl sites for hydroxylation is 1. The second kappa shape index (κ2) is 6.96. The first-order chi connectivity index (χ1) is 11.2. The number of aromatic nitrogens is 2. The number of aldehydes is 1. The van der Waals surface area contributed by atoms with E-state index in [1.54, 1.807) is 7.11 Å². The third-order valence-corrected chi connectivity index (χ3v) is 4.39. The predicted octanol–water partition coefficient (Wildman–Crippen LogP) is 3.11. The van der Waals surface area contributed by atoms with Gasteiger partial charge in [-0.3, -0.25) is 9.48 Å². The van der Waals surface area contributed by atoms with Gasteiger partial charge >= 0.3 is 0 Å². The summed E-state index contributed by atoms with van der Waals surface area (Å²) in [6.45, 7) is 4.55. The number of ether oxygens (including phenoxy) is 2. The number of carbonyl (C=O) groups is 1. The zero-order valence-electron chi connectivity index (χ0n) is 13.6. The van der Waals surface area contributed by atoms with E-state index in [2.05, 4.69) is 5.10 Å². The Balaban J connectivity index is 1.82. The summed E-state index contributed by atoms with van der Waals surface area (Å²) in [5, 5.41) is 4.47. The Morgan fingerprint density at radius 2 is 2.13 bits per heavy atom. The molecule has 2 heterocycles. The number of nitrogens with zero attached hydrogens (tertiary/aromatic N) is 2. The topological polar surface area (TPSA) is 53.4 Å². The van der Waals surface area contributed by atoms with E-state index in [9.17, 15) is 4.79 Å². The van der Waals surface area contributed by atoms with Crippen LogP contribution in [-0.2, 0) is 11.3 Å². The summed E-state index contributed by atoms with van der Waals surface area (Å²) in [7, 11) is 1.58. The molecule has 0 atom stereocenters. The molecule has 0 aliphatic carbocycles. The summed E-state index contributed by atoms with van der Waals surface area (Å²) in [6.07, 6.45) is 6.92. The van der Waals surface area contributed by atoms with E-state index in [1.807, 2.05) is 36.1 Å². The van der Waals surface area contributed by atoms with Crippen LogP contribution in [-0.4, -0.2) is 36.4 Å². The molecule has 1 aliphatic rings. The Hall–Kier alpha value is -2.14. The molecule has 2 aromatic rings. The Bertz CT molecular complexity index is 688. The van der Waals surface area contributed by atoms with Crippen molar-refractivity contribution in [3.05, 3.63) is 35.7 Å². The highest BCUT2D eigenvalue weighted by Crippen LogP contribution is 2.29. The van der Waals surface area contributed by atoms with Crippen molar-refractivity contribution < 1.29 is 14.3 Å². The van der Waals surface area contributed by atoms with Gasteiger partial charge in [-0.1, -0.05) is 0 Å². The molecule has 1 aromatic heterocycles. The average molecular weight is 314 g/mol. The van der Waals surface area contributed by atoms with E-state index in [4.69, 9.17) is 9.47 Å². The van der Waals surface area contributed by atoms with E-state index in [-0.39, 0.29) is 0 Å². The van der Waals surface area contributed by atoms with Crippen LogP contribution >= 0.6 is 0 Å². The number of hydrogen-bond acceptors (Lipinski definition) is 4. The van der Waals surface area contributed by atoms with Gasteiger partial charge in [-0.25, -0.2) is 0 Å². The molecule has 1 aliphatic heterocycles. The van der Waals surface area contributed by atoms with Crippen molar-refractivity contribution in [3.63, 3.8) is 0 Å². The van der Waals surface area contributed by atoms with Gasteiger partial charge in [-0.15, -0.1) is 0 Å². The van der Waals surface area contributed by atoms with Crippen LogP contribution in [0.15, 0.2) is 24.5 Å². The average Bonchev–Trinajstić information content (AvgIpc) is 3.03. The minimum absolute atomic E-state index is 0.569. The molecule has 0 spiro atoms. The molecule has 0 saturated carbocycles. The van der Waals surface area contributed by atoms with Crippen LogP contribution in [0.5, 0.6) is 5.75 Å². The fourth-order valence-electron chi connectivity index (χ4n) is 3.14. The van der Waals surface area contributed by atoms with Gasteiger partial charge in [0.2, 0.25) is 0 Å². The van der Waals surface area contributed by atoms with E-state index < -0.39 is 0 Å². The highest BCUT2D eigenvalue weighted by Gasteiger charge is 2.15. The van der Waals surface area contributed by atoms with Crippen LogP contribution < -0.4 is 4.74 Å². The summed E-state index contributed by atoms with van der Waals surface area (Å²) < 4.78 is 12.7. The third kappa shape index (κ3) is 3.45. The van der Waals surface area contributed by atoms with Gasteiger partial charge in [0.15, 0.2) is 6.29 Å². The Kier molecular flexibility index (Phi) is 4.76. The highest BCUT2D eigenvalue weighted by atomic mass is 16.5. The van der Waals surface area contributed by atoms with Crippen LogP contribution in [0.3, 0.4) is 0 Å². The summed E-state index contributed by atoms with van der Waals surface area (Å²) in [5.41, 5.74) is 3.53. The Morgan fingerprint density at radius 3 is 2.83 bits per heavy atom. The van der Waals surface area contributed by atoms with Crippen molar-refractivity contribution in [3.8, 4) is 16.9 Å². The smallest absolute Gasteiger partial charge is 0.153 e. The SMILES string of the molecule is COc1c(C)cc(-c2cnn(CC3CCOCC3)c2)cc1C=O. The molecule has 122 valence electrons. The molecule has 1 saturated heterocycles. The quantitative estimate of drug-likeness (QED) is 0.796. The molecule has 0 amide bonds. The maximum Gasteiger partial charge on any atom is 0.153 e. The lowest BCUT2D eigenvalue weighted by Gasteiger charge is -2.21. The van der Waals surface area contributed by atoms with Crippen molar-refractivity contribution >= 4 is 6.29 Å². The molecular weight excluding hydrogens is 292 g/mol. The monoisotopic (exact) mass is 314 g/mol. The molecule has 23 heavy (non-hydrogen) atoms. The molecule has 5 nitrogen and oxygen atoms in total. The maximum atomic E-state index is 11.3. The minimum Gasteiger partial charge on any atom is -0.496 e. The molecule has 0 N–H and O–H groups in total. The lowest BCUT2D eigenvalue weighted by molar-refractivity contribution is 0.0601. The van der Waals surface area contributed by atoms with E-state index in [0.29, 0.717) is 17.2 Å². The van der Waals surface area contributed by atoms with Gasteiger partial charge in [-0.05, 0) is 48.9 Å². The van der Waals surface area contributed by atoms with Gasteiger partial charge in [0, 0.05) is 31.5 Å². The van der Waals surface area contributed by atoms with Crippen LogP contribution in [0.2, 0.25) is 0 Å². The van der Waals surface area contributed by atoms with Crippen molar-refractivity contribution in [2.45, 2.75) is 26.3 Å². The molecule has 1 aromatic carbocycles. The molecule has 3 rings (SSSR count). The largest absolute Gasteiger partial charge is 0.496 e. The Morgan fingerprint density at radius 1 is 1.35 bits per heavy atom. The van der Waals surface area contributed by atoms with Crippen molar-refractivity contribution in [1.82, 2.24) is 9.78 Å². The second-order valence-corrected chi connectivity index (χ2v) is 6.04. The molecule has 0 unspecified atom stereocenters. The standard InChI is InChI=1S/C18H22N2O3/c1-13-7-15(8-16(12-21)18(13)22-2)17-9-19-20(11-17)10-14-3-5-23-6-4-14/h7-9,11-12,14H,3-6,10H2,1-2H3. The first-order valence-corrected chi connectivity index (χ1v) is 7.95. The van der Waals surface area contributed by atoms with Crippen molar-refractivity contribution in [1.29, 1.82) is 0 Å². The zero-order chi connectivity index (χ0) is 16.2. The van der Waals surface area contributed by atoms with Crippen LogP contribution in [0.1, 0.15) is 28.8 Å². The second-order valence-electron chi connectivity index (χ2n) is 6.04. The van der Waals surface area contributed by atoms with E-state index in [1.165, 1.54) is 0 Å². The van der Waals surface area contributed by atoms with Gasteiger partial charge in [-0.2, -0.15) is 5.10 Å². The maximum absolute atomic E-state index is 11.3. The molecule has 0 radical (unpaired) electrons. The first-order valence-electron chi connectivity index (χ1n) is 7.95. The first kappa shape index (κ1) is 15.7. The third-order valence-electron chi connectivity index (χ3n) is 4.39. The van der Waals surface area contributed by atoms with Crippen molar-refractivity contribution in [2.75, 3.05) is 20.3 Å². The van der Waals surface area contributed by atoms with Crippen LogP contribution in [0, 0.1) is 12.8 Å². The predicted molar refractivity (Wildman–Crippen MR) is 87.9 cm³/mol. The normalized spacial score (nSPS) is 15.6. The van der Waals surface area contributed by atoms with E-state index in [0.717, 1.165) is 55.6 Å². The number of methoxy groups -OCH3 is 1. The summed E-state index contributed by atoms with van der Waals surface area (Å²) in [4.78, 5) is 11.3. The summed E-state index contributed by atoms with van der Waals surface area (Å²) >= 11 is 0. The molecule has 0 bridgehead atoms. The van der Waals surface area contributed by atoms with Crippen LogP contribution in [0.4, 0.5) is 0 Å². The fraction of sp³-hybridized carbons (Fsp3) is 0.444. The number of rotatable bonds is 5. The zero-order valence-corrected chi connectivity index (χ0v) is 13.6. The molecular formula is C18H22N2O3. The molecule has 5 heteroatoms. The van der Waals surface area contributed by atoms with Crippen molar-refractivity contribution in [2.24, 2.45) is 5.92 Å². The van der Waals surface area contributed by atoms with Crippen LogP contribution in [0.25, 0.3) is 11.1 Å². The molecule has 1 fully saturated rings. The van der Waals surface area contributed by atoms with Gasteiger partial charge in [0.1, 0.15) is 5.75 Å². The lowest BCUT2D eigenvalue weighted by atomic mass is 10.0.